The largest absolute Gasteiger partial charge is 0.465 e. The highest BCUT2D eigenvalue weighted by molar-refractivity contribution is 7.99. The molecule has 0 aliphatic heterocycles. The molecule has 3 aromatic rings. The molecule has 27 heavy (non-hydrogen) atoms. The van der Waals surface area contributed by atoms with E-state index < -0.39 is 0 Å². The van der Waals surface area contributed by atoms with Crippen LogP contribution < -0.4 is 5.56 Å². The van der Waals surface area contributed by atoms with Gasteiger partial charge in [0.25, 0.3) is 5.56 Å². The van der Waals surface area contributed by atoms with E-state index in [9.17, 15) is 9.59 Å². The summed E-state index contributed by atoms with van der Waals surface area (Å²) < 4.78 is 6.67. The van der Waals surface area contributed by atoms with Crippen molar-refractivity contribution in [2.24, 2.45) is 0 Å². The second kappa shape index (κ2) is 7.48. The molecule has 0 bridgehead atoms. The van der Waals surface area contributed by atoms with Gasteiger partial charge in [-0.1, -0.05) is 23.9 Å². The highest BCUT2D eigenvalue weighted by atomic mass is 32.2. The van der Waals surface area contributed by atoms with E-state index in [1.165, 1.54) is 16.6 Å². The zero-order valence-electron chi connectivity index (χ0n) is 15.3. The molecule has 0 N–H and O–H groups in total. The summed E-state index contributed by atoms with van der Waals surface area (Å²) in [7, 11) is 0. The van der Waals surface area contributed by atoms with E-state index in [0.29, 0.717) is 11.8 Å². The molecule has 140 valence electrons. The van der Waals surface area contributed by atoms with E-state index in [1.54, 1.807) is 22.8 Å². The van der Waals surface area contributed by atoms with Crippen LogP contribution in [0.15, 0.2) is 34.2 Å². The van der Waals surface area contributed by atoms with Crippen LogP contribution in [0.3, 0.4) is 0 Å². The Kier molecular flexibility index (Phi) is 5.06. The summed E-state index contributed by atoms with van der Waals surface area (Å²) in [5.74, 6) is -0.177. The van der Waals surface area contributed by atoms with E-state index in [0.717, 1.165) is 46.3 Å². The van der Waals surface area contributed by atoms with Gasteiger partial charge in [0.15, 0.2) is 5.16 Å². The monoisotopic (exact) mass is 400 g/mol. The van der Waals surface area contributed by atoms with Crippen molar-refractivity contribution in [2.75, 3.05) is 12.4 Å². The number of rotatable bonds is 5. The molecule has 0 saturated heterocycles. The number of hydrogen-bond donors (Lipinski definition) is 0. The molecule has 1 aromatic carbocycles. The second-order valence-corrected chi connectivity index (χ2v) is 8.53. The van der Waals surface area contributed by atoms with Crippen molar-refractivity contribution in [3.05, 3.63) is 50.6 Å². The number of fused-ring (bicyclic) bond motifs is 3. The Morgan fingerprint density at radius 3 is 3.00 bits per heavy atom. The highest BCUT2D eigenvalue weighted by Crippen LogP contribution is 2.36. The number of esters is 1. The molecule has 0 radical (unpaired) electrons. The van der Waals surface area contributed by atoms with Crippen molar-refractivity contribution < 1.29 is 9.53 Å². The molecule has 0 spiro atoms. The first kappa shape index (κ1) is 18.3. The van der Waals surface area contributed by atoms with Gasteiger partial charge in [-0.15, -0.1) is 11.3 Å². The molecule has 7 heteroatoms. The number of aryl methyl sites for hydroxylation is 3. The Bertz CT molecular complexity index is 1080. The van der Waals surface area contributed by atoms with Crippen molar-refractivity contribution in [2.45, 2.75) is 38.3 Å². The lowest BCUT2D eigenvalue weighted by atomic mass is 10.2. The zero-order valence-corrected chi connectivity index (χ0v) is 16.9. The summed E-state index contributed by atoms with van der Waals surface area (Å²) in [6.45, 7) is 4.12. The Labute approximate surface area is 165 Å². The Morgan fingerprint density at radius 1 is 1.37 bits per heavy atom. The molecule has 4 rings (SSSR count). The van der Waals surface area contributed by atoms with E-state index in [1.807, 2.05) is 31.2 Å². The van der Waals surface area contributed by atoms with Crippen molar-refractivity contribution in [3.8, 4) is 5.69 Å². The molecule has 1 aliphatic rings. The number of thioether (sulfide) groups is 1. The van der Waals surface area contributed by atoms with Gasteiger partial charge in [0, 0.05) is 4.88 Å². The Balaban J connectivity index is 1.88. The molecule has 0 atom stereocenters. The minimum atomic E-state index is -0.304. The fraction of sp³-hybridized carbons (Fsp3) is 0.350. The lowest BCUT2D eigenvalue weighted by Crippen LogP contribution is -2.22. The quantitative estimate of drug-likeness (QED) is 0.369. The molecular weight excluding hydrogens is 380 g/mol. The summed E-state index contributed by atoms with van der Waals surface area (Å²) in [5.41, 5.74) is 2.96. The van der Waals surface area contributed by atoms with Gasteiger partial charge in [-0.2, -0.15) is 0 Å². The molecular formula is C20H20N2O3S2. The summed E-state index contributed by atoms with van der Waals surface area (Å²) in [6, 6.07) is 7.80. The number of hydrogen-bond acceptors (Lipinski definition) is 6. The molecule has 0 fully saturated rings. The van der Waals surface area contributed by atoms with Crippen molar-refractivity contribution in [1.29, 1.82) is 0 Å². The highest BCUT2D eigenvalue weighted by Gasteiger charge is 2.24. The lowest BCUT2D eigenvalue weighted by Gasteiger charge is -2.13. The van der Waals surface area contributed by atoms with Crippen LogP contribution in [0.1, 0.15) is 29.3 Å². The second-order valence-electron chi connectivity index (χ2n) is 6.51. The number of benzene rings is 1. The van der Waals surface area contributed by atoms with E-state index in [2.05, 4.69) is 0 Å². The van der Waals surface area contributed by atoms with Gasteiger partial charge in [-0.3, -0.25) is 14.2 Å². The molecule has 5 nitrogen and oxygen atoms in total. The van der Waals surface area contributed by atoms with Gasteiger partial charge in [0.05, 0.1) is 23.4 Å². The van der Waals surface area contributed by atoms with Gasteiger partial charge in [-0.05, 0) is 56.4 Å². The van der Waals surface area contributed by atoms with Crippen molar-refractivity contribution in [3.63, 3.8) is 0 Å². The van der Waals surface area contributed by atoms with Gasteiger partial charge >= 0.3 is 5.97 Å². The molecule has 0 saturated carbocycles. The summed E-state index contributed by atoms with van der Waals surface area (Å²) in [6.07, 6.45) is 3.06. The number of carbonyl (C=O) groups excluding carboxylic acids is 1. The molecule has 2 heterocycles. The maximum Gasteiger partial charge on any atom is 0.316 e. The van der Waals surface area contributed by atoms with Gasteiger partial charge in [-0.25, -0.2) is 4.98 Å². The SMILES string of the molecule is CCOC(=O)CSc1nc2sc3c(c2c(=O)n1-c1cccc(C)c1)CCC3. The number of ether oxygens (including phenoxy) is 1. The third-order valence-corrected chi connectivity index (χ3v) is 6.69. The predicted octanol–water partition coefficient (Wildman–Crippen LogP) is 3.90. The van der Waals surface area contributed by atoms with Gasteiger partial charge < -0.3 is 4.74 Å². The molecule has 2 aromatic heterocycles. The maximum atomic E-state index is 13.5. The maximum absolute atomic E-state index is 13.5. The Morgan fingerprint density at radius 2 is 2.22 bits per heavy atom. The summed E-state index contributed by atoms with van der Waals surface area (Å²) >= 11 is 2.86. The smallest absolute Gasteiger partial charge is 0.316 e. The number of thiophene rings is 1. The van der Waals surface area contributed by atoms with Crippen LogP contribution in [0.5, 0.6) is 0 Å². The van der Waals surface area contributed by atoms with E-state index >= 15 is 0 Å². The van der Waals surface area contributed by atoms with Crippen LogP contribution in [0, 0.1) is 6.92 Å². The van der Waals surface area contributed by atoms with Crippen LogP contribution in [0.4, 0.5) is 0 Å². The van der Waals surface area contributed by atoms with Gasteiger partial charge in [0.2, 0.25) is 0 Å². The number of carbonyl (C=O) groups is 1. The first-order chi connectivity index (χ1) is 13.1. The molecule has 1 aliphatic carbocycles. The predicted molar refractivity (Wildman–Crippen MR) is 109 cm³/mol. The molecule has 0 amide bonds. The number of nitrogens with zero attached hydrogens (tertiary/aromatic N) is 2. The van der Waals surface area contributed by atoms with E-state index in [-0.39, 0.29) is 17.3 Å². The third kappa shape index (κ3) is 3.41. The first-order valence-electron chi connectivity index (χ1n) is 9.01. The van der Waals surface area contributed by atoms with Crippen LogP contribution in [0.25, 0.3) is 15.9 Å². The van der Waals surface area contributed by atoms with Crippen LogP contribution in [-0.4, -0.2) is 27.9 Å². The minimum absolute atomic E-state index is 0.0450. The van der Waals surface area contributed by atoms with Crippen LogP contribution in [-0.2, 0) is 22.4 Å². The first-order valence-corrected chi connectivity index (χ1v) is 10.8. The van der Waals surface area contributed by atoms with Crippen molar-refractivity contribution in [1.82, 2.24) is 9.55 Å². The van der Waals surface area contributed by atoms with Gasteiger partial charge in [0.1, 0.15) is 4.83 Å². The lowest BCUT2D eigenvalue weighted by molar-refractivity contribution is -0.139. The number of aromatic nitrogens is 2. The third-order valence-electron chi connectivity index (χ3n) is 4.59. The minimum Gasteiger partial charge on any atom is -0.465 e. The molecule has 0 unspecified atom stereocenters. The summed E-state index contributed by atoms with van der Waals surface area (Å²) in [4.78, 5) is 32.1. The van der Waals surface area contributed by atoms with E-state index in [4.69, 9.17) is 9.72 Å². The zero-order chi connectivity index (χ0) is 19.0. The fourth-order valence-electron chi connectivity index (χ4n) is 3.44. The average molecular weight is 401 g/mol. The van der Waals surface area contributed by atoms with Crippen LogP contribution in [0.2, 0.25) is 0 Å². The standard InChI is InChI=1S/C20H20N2O3S2/c1-3-25-16(23)11-26-20-21-18-17(14-8-5-9-15(14)27-18)19(24)22(20)13-7-4-6-12(2)10-13/h4,6-7,10H,3,5,8-9,11H2,1-2H3. The normalized spacial score (nSPS) is 13.1. The topological polar surface area (TPSA) is 61.2 Å². The Hall–Kier alpha value is -2.12. The van der Waals surface area contributed by atoms with Crippen molar-refractivity contribution >= 4 is 39.3 Å². The average Bonchev–Trinajstić information content (AvgIpc) is 3.20. The fourth-order valence-corrected chi connectivity index (χ4v) is 5.56. The summed E-state index contributed by atoms with van der Waals surface area (Å²) in [5, 5.41) is 1.28. The van der Waals surface area contributed by atoms with Crippen LogP contribution >= 0.6 is 23.1 Å².